The molecule has 0 aliphatic carbocycles. The van der Waals surface area contributed by atoms with Crippen LogP contribution in [0.5, 0.6) is 0 Å². The zero-order valence-electron chi connectivity index (χ0n) is 8.95. The number of hydrogen-bond acceptors (Lipinski definition) is 3. The van der Waals surface area contributed by atoms with E-state index in [0.29, 0.717) is 18.4 Å². The molecule has 0 aromatic heterocycles. The summed E-state index contributed by atoms with van der Waals surface area (Å²) < 4.78 is 0. The second-order valence-corrected chi connectivity index (χ2v) is 4.25. The Labute approximate surface area is 86.3 Å². The molecule has 80 valence electrons. The lowest BCUT2D eigenvalue weighted by Crippen LogP contribution is -2.36. The Morgan fingerprint density at radius 1 is 1.57 bits per heavy atom. The Kier molecular flexibility index (Phi) is 4.92. The molecule has 0 aromatic rings. The van der Waals surface area contributed by atoms with Crippen molar-refractivity contribution in [1.82, 2.24) is 4.90 Å². The van der Waals surface area contributed by atoms with E-state index < -0.39 is 0 Å². The quantitative estimate of drug-likeness (QED) is 0.742. The lowest BCUT2D eigenvalue weighted by molar-refractivity contribution is 0.148. The molecule has 2 unspecified atom stereocenters. The molecule has 0 spiro atoms. The van der Waals surface area contributed by atoms with Gasteiger partial charge in [-0.2, -0.15) is 5.26 Å². The maximum absolute atomic E-state index is 9.15. The number of nitrogens with zero attached hydrogens (tertiary/aromatic N) is 2. The Bertz CT molecular complexity index is 200. The van der Waals surface area contributed by atoms with Crippen molar-refractivity contribution < 1.29 is 5.11 Å². The molecule has 1 fully saturated rings. The molecule has 1 aliphatic rings. The van der Waals surface area contributed by atoms with E-state index in [-0.39, 0.29) is 6.61 Å². The van der Waals surface area contributed by atoms with Gasteiger partial charge in [0.1, 0.15) is 0 Å². The minimum absolute atomic E-state index is 0.287. The first-order valence-corrected chi connectivity index (χ1v) is 5.49. The largest absolute Gasteiger partial charge is 0.396 e. The van der Waals surface area contributed by atoms with E-state index in [0.717, 1.165) is 19.5 Å². The van der Waals surface area contributed by atoms with Gasteiger partial charge >= 0.3 is 0 Å². The lowest BCUT2D eigenvalue weighted by Gasteiger charge is -2.28. The van der Waals surface area contributed by atoms with Crippen molar-refractivity contribution >= 4 is 0 Å². The van der Waals surface area contributed by atoms with Crippen LogP contribution in [0.2, 0.25) is 0 Å². The van der Waals surface area contributed by atoms with Crippen LogP contribution in [0.4, 0.5) is 0 Å². The minimum Gasteiger partial charge on any atom is -0.396 e. The second kappa shape index (κ2) is 6.00. The molecular weight excluding hydrogens is 176 g/mol. The van der Waals surface area contributed by atoms with Crippen LogP contribution in [-0.2, 0) is 0 Å². The van der Waals surface area contributed by atoms with Crippen LogP contribution in [0.15, 0.2) is 0 Å². The molecule has 1 heterocycles. The van der Waals surface area contributed by atoms with Gasteiger partial charge in [0.2, 0.25) is 0 Å². The van der Waals surface area contributed by atoms with Gasteiger partial charge in [0.05, 0.1) is 12.5 Å². The fourth-order valence-corrected chi connectivity index (χ4v) is 2.07. The molecule has 0 amide bonds. The van der Waals surface area contributed by atoms with Crippen molar-refractivity contribution in [3.8, 4) is 6.07 Å². The Balaban J connectivity index is 2.46. The highest BCUT2D eigenvalue weighted by atomic mass is 16.3. The summed E-state index contributed by atoms with van der Waals surface area (Å²) in [5.74, 6) is 0.415. The lowest BCUT2D eigenvalue weighted by atomic mass is 10.0. The standard InChI is InChI=1S/C11H20N2O/c1-10(5-6-12)13-7-3-2-4-11(8-13)9-14/h10-11,14H,2-5,7-9H2,1H3. The number of nitriles is 1. The van der Waals surface area contributed by atoms with Crippen molar-refractivity contribution in [3.05, 3.63) is 0 Å². The van der Waals surface area contributed by atoms with Gasteiger partial charge in [-0.3, -0.25) is 4.90 Å². The van der Waals surface area contributed by atoms with Crippen LogP contribution in [0.25, 0.3) is 0 Å². The molecule has 0 bridgehead atoms. The first-order chi connectivity index (χ1) is 6.77. The number of rotatable bonds is 3. The molecule has 1 rings (SSSR count). The number of aliphatic hydroxyl groups is 1. The van der Waals surface area contributed by atoms with Crippen molar-refractivity contribution in [1.29, 1.82) is 5.26 Å². The average molecular weight is 196 g/mol. The van der Waals surface area contributed by atoms with Crippen LogP contribution < -0.4 is 0 Å². The minimum atomic E-state index is 0.287. The molecule has 14 heavy (non-hydrogen) atoms. The summed E-state index contributed by atoms with van der Waals surface area (Å²) in [6.45, 7) is 4.43. The van der Waals surface area contributed by atoms with E-state index in [1.54, 1.807) is 0 Å². The van der Waals surface area contributed by atoms with Gasteiger partial charge in [-0.25, -0.2) is 0 Å². The number of hydrogen-bond donors (Lipinski definition) is 1. The van der Waals surface area contributed by atoms with Crippen LogP contribution in [-0.4, -0.2) is 35.7 Å². The maximum Gasteiger partial charge on any atom is 0.0638 e. The van der Waals surface area contributed by atoms with Gasteiger partial charge in [-0.1, -0.05) is 6.42 Å². The summed E-state index contributed by atoms with van der Waals surface area (Å²) in [5, 5.41) is 17.8. The zero-order chi connectivity index (χ0) is 10.4. The van der Waals surface area contributed by atoms with E-state index in [4.69, 9.17) is 10.4 Å². The molecule has 1 saturated heterocycles. The molecule has 1 aliphatic heterocycles. The van der Waals surface area contributed by atoms with E-state index in [1.165, 1.54) is 12.8 Å². The van der Waals surface area contributed by atoms with Crippen LogP contribution in [0.1, 0.15) is 32.6 Å². The van der Waals surface area contributed by atoms with E-state index >= 15 is 0 Å². The third-order valence-corrected chi connectivity index (χ3v) is 3.07. The van der Waals surface area contributed by atoms with Gasteiger partial charge in [-0.15, -0.1) is 0 Å². The predicted octanol–water partition coefficient (Wildman–Crippen LogP) is 1.38. The SMILES string of the molecule is CC(CC#N)N1CCCCC(CO)C1. The van der Waals surface area contributed by atoms with Crippen molar-refractivity contribution in [2.24, 2.45) is 5.92 Å². The monoisotopic (exact) mass is 196 g/mol. The van der Waals surface area contributed by atoms with Crippen LogP contribution in [0, 0.1) is 17.2 Å². The third-order valence-electron chi connectivity index (χ3n) is 3.07. The van der Waals surface area contributed by atoms with Crippen LogP contribution >= 0.6 is 0 Å². The Hall–Kier alpha value is -0.590. The van der Waals surface area contributed by atoms with Gasteiger partial charge in [0, 0.05) is 19.2 Å². The summed E-state index contributed by atoms with van der Waals surface area (Å²) in [4.78, 5) is 2.34. The first-order valence-electron chi connectivity index (χ1n) is 5.49. The summed E-state index contributed by atoms with van der Waals surface area (Å²) in [5.41, 5.74) is 0. The Morgan fingerprint density at radius 3 is 3.00 bits per heavy atom. The second-order valence-electron chi connectivity index (χ2n) is 4.25. The summed E-state index contributed by atoms with van der Waals surface area (Å²) in [6.07, 6.45) is 4.14. The molecular formula is C11H20N2O. The maximum atomic E-state index is 9.15. The van der Waals surface area contributed by atoms with Crippen molar-refractivity contribution in [3.63, 3.8) is 0 Å². The topological polar surface area (TPSA) is 47.3 Å². The summed E-state index contributed by atoms with van der Waals surface area (Å²) in [7, 11) is 0. The van der Waals surface area contributed by atoms with Crippen LogP contribution in [0.3, 0.4) is 0 Å². The molecule has 3 heteroatoms. The number of likely N-dealkylation sites (tertiary alicyclic amines) is 1. The fourth-order valence-electron chi connectivity index (χ4n) is 2.07. The van der Waals surface area contributed by atoms with Gasteiger partial charge in [0.25, 0.3) is 0 Å². The summed E-state index contributed by atoms with van der Waals surface area (Å²) in [6, 6.07) is 2.55. The molecule has 2 atom stereocenters. The number of aliphatic hydroxyl groups excluding tert-OH is 1. The highest BCUT2D eigenvalue weighted by Gasteiger charge is 2.20. The first kappa shape index (κ1) is 11.5. The highest BCUT2D eigenvalue weighted by molar-refractivity contribution is 4.82. The van der Waals surface area contributed by atoms with Gasteiger partial charge in [-0.05, 0) is 32.2 Å². The van der Waals surface area contributed by atoms with Gasteiger partial charge in [0.15, 0.2) is 0 Å². The Morgan fingerprint density at radius 2 is 2.36 bits per heavy atom. The molecule has 0 aromatic carbocycles. The zero-order valence-corrected chi connectivity index (χ0v) is 8.95. The molecule has 0 radical (unpaired) electrons. The third kappa shape index (κ3) is 3.28. The predicted molar refractivity (Wildman–Crippen MR) is 55.7 cm³/mol. The fraction of sp³-hybridized carbons (Fsp3) is 0.909. The van der Waals surface area contributed by atoms with Crippen molar-refractivity contribution in [2.45, 2.75) is 38.6 Å². The highest BCUT2D eigenvalue weighted by Crippen LogP contribution is 2.18. The van der Waals surface area contributed by atoms with Crippen molar-refractivity contribution in [2.75, 3.05) is 19.7 Å². The van der Waals surface area contributed by atoms with E-state index in [2.05, 4.69) is 17.9 Å². The smallest absolute Gasteiger partial charge is 0.0638 e. The van der Waals surface area contributed by atoms with Gasteiger partial charge < -0.3 is 5.11 Å². The van der Waals surface area contributed by atoms with E-state index in [9.17, 15) is 0 Å². The molecule has 1 N–H and O–H groups in total. The average Bonchev–Trinajstić information content (AvgIpc) is 2.43. The molecule has 3 nitrogen and oxygen atoms in total. The normalized spacial score (nSPS) is 26.5. The van der Waals surface area contributed by atoms with E-state index in [1.807, 2.05) is 0 Å². The molecule has 0 saturated carbocycles. The summed E-state index contributed by atoms with van der Waals surface area (Å²) >= 11 is 0.